The summed E-state index contributed by atoms with van der Waals surface area (Å²) in [6.45, 7) is 0. The Balaban J connectivity index is 2.32. The van der Waals surface area contributed by atoms with Crippen LogP contribution >= 0.6 is 23.4 Å². The van der Waals surface area contributed by atoms with E-state index in [1.54, 1.807) is 18.8 Å². The number of halogens is 1. The van der Waals surface area contributed by atoms with Crippen LogP contribution in [0.2, 0.25) is 5.02 Å². The maximum absolute atomic E-state index is 8.72. The summed E-state index contributed by atoms with van der Waals surface area (Å²) in [5.41, 5.74) is 0. The highest BCUT2D eigenvalue weighted by Gasteiger charge is 2.03. The lowest BCUT2D eigenvalue weighted by molar-refractivity contribution is 0.663. The lowest BCUT2D eigenvalue weighted by Crippen LogP contribution is -2.23. The second-order valence-corrected chi connectivity index (χ2v) is 4.67. The Morgan fingerprint density at radius 2 is 2.13 bits per heavy atom. The molecule has 0 aliphatic rings. The van der Waals surface area contributed by atoms with Gasteiger partial charge in [0.1, 0.15) is 0 Å². The first kappa shape index (κ1) is 12.4. The second-order valence-electron chi connectivity index (χ2n) is 3.06. The van der Waals surface area contributed by atoms with Crippen molar-refractivity contribution >= 4 is 23.4 Å². The van der Waals surface area contributed by atoms with Crippen LogP contribution in [-0.2, 0) is 0 Å². The van der Waals surface area contributed by atoms with Crippen LogP contribution < -0.4 is 5.32 Å². The third kappa shape index (κ3) is 4.57. The molecule has 0 saturated heterocycles. The highest BCUT2D eigenvalue weighted by molar-refractivity contribution is 7.99. The van der Waals surface area contributed by atoms with Crippen LogP contribution in [-0.4, -0.2) is 18.8 Å². The zero-order valence-corrected chi connectivity index (χ0v) is 10.1. The van der Waals surface area contributed by atoms with Gasteiger partial charge in [-0.05, 0) is 37.7 Å². The quantitative estimate of drug-likeness (QED) is 0.804. The van der Waals surface area contributed by atoms with E-state index in [2.05, 4.69) is 11.4 Å². The van der Waals surface area contributed by atoms with Crippen LogP contribution in [0.15, 0.2) is 29.2 Å². The fourth-order valence-electron chi connectivity index (χ4n) is 1.10. The molecule has 1 N–H and O–H groups in total. The van der Waals surface area contributed by atoms with Crippen molar-refractivity contribution < 1.29 is 0 Å². The van der Waals surface area contributed by atoms with E-state index in [9.17, 15) is 0 Å². The molecule has 0 radical (unpaired) electrons. The maximum atomic E-state index is 8.72. The zero-order valence-electron chi connectivity index (χ0n) is 8.53. The van der Waals surface area contributed by atoms with Crippen molar-refractivity contribution in [1.29, 1.82) is 5.26 Å². The Labute approximate surface area is 99.6 Å². The molecule has 1 rings (SSSR count). The summed E-state index contributed by atoms with van der Waals surface area (Å²) in [5, 5.41) is 12.4. The molecule has 1 unspecified atom stereocenters. The first-order valence-corrected chi connectivity index (χ1v) is 6.08. The summed E-state index contributed by atoms with van der Waals surface area (Å²) >= 11 is 7.52. The molecule has 1 aromatic carbocycles. The van der Waals surface area contributed by atoms with Gasteiger partial charge in [-0.2, -0.15) is 5.26 Å². The molecular formula is C11H13ClN2S. The predicted molar refractivity (Wildman–Crippen MR) is 65.3 cm³/mol. The van der Waals surface area contributed by atoms with Gasteiger partial charge in [0.2, 0.25) is 0 Å². The molecule has 0 fully saturated rings. The second kappa shape index (κ2) is 6.73. The Bertz CT molecular complexity index is 331. The van der Waals surface area contributed by atoms with Crippen molar-refractivity contribution in [2.75, 3.05) is 12.8 Å². The molecule has 0 aliphatic carbocycles. The zero-order chi connectivity index (χ0) is 11.1. The third-order valence-corrected chi connectivity index (χ3v) is 3.29. The number of nitrogens with one attached hydrogen (secondary N) is 1. The Kier molecular flexibility index (Phi) is 5.56. The monoisotopic (exact) mass is 240 g/mol. The summed E-state index contributed by atoms with van der Waals surface area (Å²) in [6.07, 6.45) is 0.848. The number of thioether (sulfide) groups is 1. The van der Waals surface area contributed by atoms with Crippen LogP contribution in [0.1, 0.15) is 6.42 Å². The van der Waals surface area contributed by atoms with E-state index in [1.807, 2.05) is 24.3 Å². The van der Waals surface area contributed by atoms with E-state index in [0.717, 1.165) is 17.2 Å². The Hall–Kier alpha value is -0.690. The molecule has 15 heavy (non-hydrogen) atoms. The number of hydrogen-bond acceptors (Lipinski definition) is 3. The van der Waals surface area contributed by atoms with Gasteiger partial charge in [-0.15, -0.1) is 11.8 Å². The van der Waals surface area contributed by atoms with E-state index < -0.39 is 0 Å². The smallest absolute Gasteiger partial charge is 0.0958 e. The molecule has 2 nitrogen and oxygen atoms in total. The third-order valence-electron chi connectivity index (χ3n) is 1.99. The van der Waals surface area contributed by atoms with Gasteiger partial charge in [0.05, 0.1) is 12.1 Å². The molecule has 80 valence electrons. The Morgan fingerprint density at radius 1 is 1.47 bits per heavy atom. The molecule has 0 aliphatic heterocycles. The van der Waals surface area contributed by atoms with Crippen molar-refractivity contribution in [2.24, 2.45) is 0 Å². The van der Waals surface area contributed by atoms with Gasteiger partial charge in [0.25, 0.3) is 0 Å². The molecule has 1 atom stereocenters. The summed E-state index contributed by atoms with van der Waals surface area (Å²) in [4.78, 5) is 1.19. The van der Waals surface area contributed by atoms with E-state index in [1.165, 1.54) is 4.90 Å². The van der Waals surface area contributed by atoms with Gasteiger partial charge in [-0.1, -0.05) is 11.6 Å². The molecule has 4 heteroatoms. The fourth-order valence-corrected chi connectivity index (χ4v) is 2.14. The minimum absolute atomic E-state index is 0.0511. The maximum Gasteiger partial charge on any atom is 0.0958 e. The van der Waals surface area contributed by atoms with Crippen LogP contribution in [0.25, 0.3) is 0 Å². The molecule has 0 spiro atoms. The Morgan fingerprint density at radius 3 is 2.67 bits per heavy atom. The average molecular weight is 241 g/mol. The normalized spacial score (nSPS) is 12.1. The standard InChI is InChI=1S/C11H13ClN2S/c1-14-10(8-13)6-7-15-11-4-2-9(12)3-5-11/h2-5,10,14H,6-7H2,1H3. The molecule has 0 aromatic heterocycles. The first-order valence-electron chi connectivity index (χ1n) is 4.71. The van der Waals surface area contributed by atoms with E-state index in [-0.39, 0.29) is 6.04 Å². The van der Waals surface area contributed by atoms with Crippen LogP contribution in [0, 0.1) is 11.3 Å². The highest BCUT2D eigenvalue weighted by atomic mass is 35.5. The van der Waals surface area contributed by atoms with Gasteiger partial charge >= 0.3 is 0 Å². The number of rotatable bonds is 5. The molecule has 0 saturated carbocycles. The van der Waals surface area contributed by atoms with E-state index in [0.29, 0.717) is 0 Å². The first-order chi connectivity index (χ1) is 7.26. The van der Waals surface area contributed by atoms with Gasteiger partial charge in [0, 0.05) is 15.7 Å². The largest absolute Gasteiger partial charge is 0.305 e. The minimum Gasteiger partial charge on any atom is -0.305 e. The van der Waals surface area contributed by atoms with Crippen LogP contribution in [0.3, 0.4) is 0 Å². The number of benzene rings is 1. The van der Waals surface area contributed by atoms with E-state index in [4.69, 9.17) is 16.9 Å². The molecule has 0 heterocycles. The summed E-state index contributed by atoms with van der Waals surface area (Å²) in [6, 6.07) is 9.90. The highest BCUT2D eigenvalue weighted by Crippen LogP contribution is 2.21. The molecule has 0 amide bonds. The SMILES string of the molecule is CNC(C#N)CCSc1ccc(Cl)cc1. The lowest BCUT2D eigenvalue weighted by atomic mass is 10.3. The van der Waals surface area contributed by atoms with Gasteiger partial charge in [-0.25, -0.2) is 0 Å². The molecular weight excluding hydrogens is 228 g/mol. The van der Waals surface area contributed by atoms with Gasteiger partial charge in [0.15, 0.2) is 0 Å². The van der Waals surface area contributed by atoms with Gasteiger partial charge in [-0.3, -0.25) is 0 Å². The fraction of sp³-hybridized carbons (Fsp3) is 0.364. The van der Waals surface area contributed by atoms with Crippen molar-refractivity contribution in [2.45, 2.75) is 17.4 Å². The van der Waals surface area contributed by atoms with Crippen LogP contribution in [0.5, 0.6) is 0 Å². The minimum atomic E-state index is -0.0511. The van der Waals surface area contributed by atoms with Crippen molar-refractivity contribution in [3.8, 4) is 6.07 Å². The predicted octanol–water partition coefficient (Wildman–Crippen LogP) is 2.93. The molecule has 1 aromatic rings. The number of hydrogen-bond donors (Lipinski definition) is 1. The van der Waals surface area contributed by atoms with Crippen molar-refractivity contribution in [1.82, 2.24) is 5.32 Å². The summed E-state index contributed by atoms with van der Waals surface area (Å²) < 4.78 is 0. The summed E-state index contributed by atoms with van der Waals surface area (Å²) in [5.74, 6) is 0.931. The lowest BCUT2D eigenvalue weighted by Gasteiger charge is -2.06. The summed E-state index contributed by atoms with van der Waals surface area (Å²) in [7, 11) is 1.81. The number of nitrogens with zero attached hydrogens (tertiary/aromatic N) is 1. The van der Waals surface area contributed by atoms with E-state index >= 15 is 0 Å². The topological polar surface area (TPSA) is 35.8 Å². The molecule has 0 bridgehead atoms. The number of nitriles is 1. The van der Waals surface area contributed by atoms with Crippen molar-refractivity contribution in [3.05, 3.63) is 29.3 Å². The average Bonchev–Trinajstić information content (AvgIpc) is 2.27. The van der Waals surface area contributed by atoms with Gasteiger partial charge < -0.3 is 5.32 Å². The van der Waals surface area contributed by atoms with Crippen molar-refractivity contribution in [3.63, 3.8) is 0 Å². The van der Waals surface area contributed by atoms with Crippen LogP contribution in [0.4, 0.5) is 0 Å².